The van der Waals surface area contributed by atoms with E-state index in [4.69, 9.17) is 0 Å². The molecule has 1 heterocycles. The molecule has 1 saturated heterocycles. The molecule has 7 heteroatoms. The monoisotopic (exact) mass is 220 g/mol. The number of halogens is 3. The van der Waals surface area contributed by atoms with Gasteiger partial charge in [0, 0.05) is 0 Å². The van der Waals surface area contributed by atoms with Crippen LogP contribution in [0.3, 0.4) is 0 Å². The second-order valence-electron chi connectivity index (χ2n) is 2.98. The number of likely N-dealkylation sites (N-methyl/N-ethyl adjacent to an activating group) is 1. The maximum Gasteiger partial charge on any atom is 0.762 e. The maximum absolute atomic E-state index is 9.67. The van der Waals surface area contributed by atoms with Crippen molar-refractivity contribution in [2.45, 2.75) is 0 Å². The Morgan fingerprint density at radius 2 is 1.54 bits per heavy atom. The van der Waals surface area contributed by atoms with Crippen LogP contribution < -0.4 is 0 Å². The molecule has 0 aromatic heterocycles. The van der Waals surface area contributed by atoms with Gasteiger partial charge in [-0.05, 0) is 0 Å². The first-order valence-electron chi connectivity index (χ1n) is 4.39. The van der Waals surface area contributed by atoms with E-state index >= 15 is 0 Å². The van der Waals surface area contributed by atoms with Crippen molar-refractivity contribution in [1.82, 2.24) is 9.80 Å². The SMILES string of the molecule is CN1CCN([CH2][K])CC1.FB(F)F. The number of rotatable bonds is 1. The minimum absolute atomic E-state index is 1.02. The molecule has 0 unspecified atom stereocenters. The Balaban J connectivity index is 0.000000310. The number of hydrogen-bond donors (Lipinski definition) is 0. The summed E-state index contributed by atoms with van der Waals surface area (Å²) in [6.07, 6.45) is 0. The summed E-state index contributed by atoms with van der Waals surface area (Å²) in [6, 6.07) is 0. The van der Waals surface area contributed by atoms with Crippen LogP contribution in [0.1, 0.15) is 0 Å². The van der Waals surface area contributed by atoms with Gasteiger partial charge in [0.1, 0.15) is 0 Å². The van der Waals surface area contributed by atoms with Crippen LogP contribution in [0.25, 0.3) is 0 Å². The Labute approximate surface area is 112 Å². The summed E-state index contributed by atoms with van der Waals surface area (Å²) in [5, 5.41) is 0. The van der Waals surface area contributed by atoms with Gasteiger partial charge in [0.15, 0.2) is 0 Å². The number of piperazine rings is 1. The summed E-state index contributed by atoms with van der Waals surface area (Å²) in [7, 11) is -1.46. The Hall–Kier alpha value is 1.41. The molecule has 0 spiro atoms. The van der Waals surface area contributed by atoms with Crippen LogP contribution in [-0.2, 0) is 0 Å². The van der Waals surface area contributed by atoms with Gasteiger partial charge in [-0.15, -0.1) is 0 Å². The minimum atomic E-state index is -3.67. The molecule has 1 rings (SSSR count). The van der Waals surface area contributed by atoms with Crippen molar-refractivity contribution in [3.8, 4) is 0 Å². The van der Waals surface area contributed by atoms with Crippen LogP contribution in [0, 0.1) is 0 Å². The predicted molar refractivity (Wildman–Crippen MR) is 48.8 cm³/mol. The third-order valence-electron chi connectivity index (χ3n) is 2.04. The minimum Gasteiger partial charge on any atom is -0.254 e. The topological polar surface area (TPSA) is 6.48 Å². The molecule has 0 aromatic rings. The summed E-state index contributed by atoms with van der Waals surface area (Å²) >= 11 is 1.02. The van der Waals surface area contributed by atoms with Gasteiger partial charge in [-0.25, -0.2) is 0 Å². The van der Waals surface area contributed by atoms with Crippen LogP contribution in [0.2, 0.25) is 0 Å². The summed E-state index contributed by atoms with van der Waals surface area (Å²) in [5.74, 6) is 0. The van der Waals surface area contributed by atoms with E-state index in [0.717, 1.165) is 49.0 Å². The van der Waals surface area contributed by atoms with Gasteiger partial charge in [0.25, 0.3) is 0 Å². The molecular formula is C6H13BF3KN2. The van der Waals surface area contributed by atoms with Crippen LogP contribution in [0.5, 0.6) is 0 Å². The molecule has 0 aliphatic carbocycles. The van der Waals surface area contributed by atoms with Gasteiger partial charge in [-0.2, -0.15) is 0 Å². The first kappa shape index (κ1) is 14.4. The molecule has 0 radical (unpaired) electrons. The zero-order valence-electron chi connectivity index (χ0n) is 8.14. The van der Waals surface area contributed by atoms with E-state index in [2.05, 4.69) is 16.8 Å². The van der Waals surface area contributed by atoms with Gasteiger partial charge in [0.05, 0.1) is 0 Å². The van der Waals surface area contributed by atoms with Crippen LogP contribution in [-0.4, -0.2) is 100 Å². The first-order chi connectivity index (χ1) is 6.06. The molecule has 0 amide bonds. The molecule has 13 heavy (non-hydrogen) atoms. The van der Waals surface area contributed by atoms with E-state index in [0.29, 0.717) is 0 Å². The Morgan fingerprint density at radius 3 is 1.85 bits per heavy atom. The Kier molecular flexibility index (Phi) is 9.64. The fourth-order valence-electron chi connectivity index (χ4n) is 1.16. The van der Waals surface area contributed by atoms with Crippen LogP contribution >= 0.6 is 0 Å². The summed E-state index contributed by atoms with van der Waals surface area (Å²) in [5.41, 5.74) is 0. The zero-order valence-corrected chi connectivity index (χ0v) is 11.3. The smallest absolute Gasteiger partial charge is 0.254 e. The standard InChI is InChI=1S/C6H13N2.BF3.K/c1-7-3-5-8(2)6-4-7;2-1(3)4;/h1,3-6H2,2H3;;. The fraction of sp³-hybridized carbons (Fsp3) is 1.00. The molecule has 0 saturated carbocycles. The summed E-state index contributed by atoms with van der Waals surface area (Å²) in [6.45, 7) is 5.16. The number of hydrogen-bond acceptors (Lipinski definition) is 2. The summed E-state index contributed by atoms with van der Waals surface area (Å²) < 4.78 is 30.4. The van der Waals surface area contributed by atoms with Gasteiger partial charge in [-0.1, -0.05) is 0 Å². The first-order valence-corrected chi connectivity index (χ1v) is 6.60. The van der Waals surface area contributed by atoms with Crippen LogP contribution in [0.4, 0.5) is 12.9 Å². The predicted octanol–water partition coefficient (Wildman–Crippen LogP) is 0.240. The van der Waals surface area contributed by atoms with Gasteiger partial charge in [-0.3, -0.25) is 12.9 Å². The quantitative estimate of drug-likeness (QED) is 0.584. The van der Waals surface area contributed by atoms with Crippen molar-refractivity contribution in [3.63, 3.8) is 0 Å². The summed E-state index contributed by atoms with van der Waals surface area (Å²) in [4.78, 5) is 4.97. The third-order valence-corrected chi connectivity index (χ3v) is 3.44. The van der Waals surface area contributed by atoms with E-state index in [9.17, 15) is 12.9 Å². The molecule has 0 bridgehead atoms. The van der Waals surface area contributed by atoms with E-state index in [-0.39, 0.29) is 0 Å². The van der Waals surface area contributed by atoms with E-state index < -0.39 is 7.54 Å². The molecule has 0 atom stereocenters. The van der Waals surface area contributed by atoms with Gasteiger partial charge >= 0.3 is 100 Å². The molecule has 0 aromatic carbocycles. The van der Waals surface area contributed by atoms with E-state index in [1.807, 2.05) is 0 Å². The molecule has 1 fully saturated rings. The number of nitrogens with zero attached hydrogens (tertiary/aromatic N) is 2. The van der Waals surface area contributed by atoms with Crippen molar-refractivity contribution in [2.75, 3.05) is 33.9 Å². The van der Waals surface area contributed by atoms with Crippen molar-refractivity contribution in [1.29, 1.82) is 0 Å². The van der Waals surface area contributed by atoms with Gasteiger partial charge in [0.2, 0.25) is 0 Å². The zero-order chi connectivity index (χ0) is 10.3. The second kappa shape index (κ2) is 8.70. The van der Waals surface area contributed by atoms with E-state index in [1.165, 1.54) is 26.8 Å². The third kappa shape index (κ3) is 9.71. The molecule has 1 aliphatic rings. The molecule has 72 valence electrons. The molecule has 1 aliphatic heterocycles. The molecular weight excluding hydrogens is 207 g/mol. The second-order valence-corrected chi connectivity index (χ2v) is 3.97. The largest absolute Gasteiger partial charge is 0.762 e. The van der Waals surface area contributed by atoms with E-state index in [1.54, 1.807) is 0 Å². The maximum atomic E-state index is 9.67. The van der Waals surface area contributed by atoms with Crippen molar-refractivity contribution in [3.05, 3.63) is 0 Å². The van der Waals surface area contributed by atoms with Crippen molar-refractivity contribution < 1.29 is 12.9 Å². The van der Waals surface area contributed by atoms with Gasteiger partial charge < -0.3 is 0 Å². The molecule has 2 nitrogen and oxygen atoms in total. The average molecular weight is 220 g/mol. The fourth-order valence-corrected chi connectivity index (χ4v) is 2.15. The Morgan fingerprint density at radius 1 is 1.15 bits per heavy atom. The Bertz CT molecular complexity index is 120. The van der Waals surface area contributed by atoms with Crippen molar-refractivity contribution >= 4 is 56.5 Å². The van der Waals surface area contributed by atoms with Crippen molar-refractivity contribution in [2.24, 2.45) is 0 Å². The van der Waals surface area contributed by atoms with Crippen LogP contribution in [0.15, 0.2) is 0 Å². The normalized spacial score (nSPS) is 19.2. The molecule has 0 N–H and O–H groups in total. The average Bonchev–Trinajstić information content (AvgIpc) is 2.05.